The second kappa shape index (κ2) is 10.8. The highest BCUT2D eigenvalue weighted by Crippen LogP contribution is 2.17. The number of aromatic nitrogens is 3. The standard InChI is InChI=1S/C23H26N6.HI/c1-24-23(26-12-11-19-15-27-21-10-6-5-9-20(19)21)28-16-22-25-13-14-29(22)17-18-7-3-2-4-8-18;/h2-10,13-15,27H,11-12,16-17H2,1H3,(H2,24,26,28);1H. The second-order valence-electron chi connectivity index (χ2n) is 6.92. The SMILES string of the molecule is CN=C(NCCc1c[nH]c2ccccc12)NCc1nccn1Cc1ccccc1.I. The van der Waals surface area contributed by atoms with E-state index < -0.39 is 0 Å². The molecule has 0 amide bonds. The molecule has 6 nitrogen and oxygen atoms in total. The van der Waals surface area contributed by atoms with Crippen LogP contribution in [-0.4, -0.2) is 34.1 Å². The lowest BCUT2D eigenvalue weighted by molar-refractivity contribution is 0.687. The van der Waals surface area contributed by atoms with E-state index in [1.165, 1.54) is 22.0 Å². The molecule has 0 saturated heterocycles. The average Bonchev–Trinajstić information content (AvgIpc) is 3.38. The molecule has 30 heavy (non-hydrogen) atoms. The summed E-state index contributed by atoms with van der Waals surface area (Å²) >= 11 is 0. The number of nitrogens with zero attached hydrogens (tertiary/aromatic N) is 3. The zero-order chi connectivity index (χ0) is 19.9. The number of rotatable bonds is 7. The third kappa shape index (κ3) is 5.41. The van der Waals surface area contributed by atoms with Gasteiger partial charge in [-0.1, -0.05) is 48.5 Å². The Hall–Kier alpha value is -2.81. The Morgan fingerprint density at radius 2 is 1.87 bits per heavy atom. The summed E-state index contributed by atoms with van der Waals surface area (Å²) < 4.78 is 2.15. The minimum atomic E-state index is 0. The number of halogens is 1. The van der Waals surface area contributed by atoms with Gasteiger partial charge in [-0.3, -0.25) is 4.99 Å². The number of benzene rings is 2. The summed E-state index contributed by atoms with van der Waals surface area (Å²) in [5.74, 6) is 1.76. The van der Waals surface area contributed by atoms with Crippen LogP contribution >= 0.6 is 24.0 Å². The van der Waals surface area contributed by atoms with Crippen molar-refractivity contribution in [1.82, 2.24) is 25.2 Å². The van der Waals surface area contributed by atoms with Crippen LogP contribution in [0.1, 0.15) is 17.0 Å². The molecular formula is C23H27IN6. The van der Waals surface area contributed by atoms with Crippen LogP contribution in [-0.2, 0) is 19.5 Å². The van der Waals surface area contributed by atoms with Crippen molar-refractivity contribution in [3.63, 3.8) is 0 Å². The van der Waals surface area contributed by atoms with Gasteiger partial charge in [-0.2, -0.15) is 0 Å². The molecular weight excluding hydrogens is 487 g/mol. The van der Waals surface area contributed by atoms with E-state index in [0.717, 1.165) is 31.3 Å². The van der Waals surface area contributed by atoms with Gasteiger partial charge < -0.3 is 20.2 Å². The number of nitrogens with one attached hydrogen (secondary N) is 3. The van der Waals surface area contributed by atoms with E-state index in [1.54, 1.807) is 7.05 Å². The van der Waals surface area contributed by atoms with Crippen LogP contribution in [0.3, 0.4) is 0 Å². The van der Waals surface area contributed by atoms with Gasteiger partial charge in [0.1, 0.15) is 5.82 Å². The van der Waals surface area contributed by atoms with Gasteiger partial charge in [-0.15, -0.1) is 24.0 Å². The Kier molecular flexibility index (Phi) is 7.89. The van der Waals surface area contributed by atoms with Gasteiger partial charge in [-0.25, -0.2) is 4.98 Å². The molecule has 0 aliphatic carbocycles. The Balaban J connectivity index is 0.00000256. The predicted molar refractivity (Wildman–Crippen MR) is 133 cm³/mol. The fraction of sp³-hybridized carbons (Fsp3) is 0.217. The lowest BCUT2D eigenvalue weighted by Gasteiger charge is -2.13. The molecule has 2 aromatic heterocycles. The largest absolute Gasteiger partial charge is 0.361 e. The molecule has 4 aromatic rings. The number of para-hydroxylation sites is 1. The Morgan fingerprint density at radius 1 is 1.07 bits per heavy atom. The number of aromatic amines is 1. The van der Waals surface area contributed by atoms with Crippen molar-refractivity contribution in [3.05, 3.63) is 90.1 Å². The monoisotopic (exact) mass is 514 g/mol. The zero-order valence-electron chi connectivity index (χ0n) is 17.0. The number of guanidine groups is 1. The van der Waals surface area contributed by atoms with E-state index in [2.05, 4.69) is 78.8 Å². The van der Waals surface area contributed by atoms with E-state index in [0.29, 0.717) is 6.54 Å². The first-order chi connectivity index (χ1) is 14.3. The summed E-state index contributed by atoms with van der Waals surface area (Å²) in [4.78, 5) is 12.1. The van der Waals surface area contributed by atoms with E-state index in [9.17, 15) is 0 Å². The van der Waals surface area contributed by atoms with Crippen LogP contribution in [0.2, 0.25) is 0 Å². The van der Waals surface area contributed by atoms with Gasteiger partial charge in [0.15, 0.2) is 5.96 Å². The van der Waals surface area contributed by atoms with Crippen LogP contribution in [0.5, 0.6) is 0 Å². The first-order valence-corrected chi connectivity index (χ1v) is 9.87. The predicted octanol–water partition coefficient (Wildman–Crippen LogP) is 3.94. The molecule has 2 heterocycles. The Morgan fingerprint density at radius 3 is 2.70 bits per heavy atom. The van der Waals surface area contributed by atoms with Crippen molar-refractivity contribution >= 4 is 40.8 Å². The smallest absolute Gasteiger partial charge is 0.191 e. The van der Waals surface area contributed by atoms with Gasteiger partial charge in [0.05, 0.1) is 6.54 Å². The molecule has 0 radical (unpaired) electrons. The van der Waals surface area contributed by atoms with Gasteiger partial charge in [0, 0.05) is 49.6 Å². The Bertz CT molecular complexity index is 1080. The number of hydrogen-bond donors (Lipinski definition) is 3. The van der Waals surface area contributed by atoms with Crippen LogP contribution in [0, 0.1) is 0 Å². The third-order valence-electron chi connectivity index (χ3n) is 5.00. The van der Waals surface area contributed by atoms with Crippen molar-refractivity contribution in [3.8, 4) is 0 Å². The lowest BCUT2D eigenvalue weighted by atomic mass is 10.1. The second-order valence-corrected chi connectivity index (χ2v) is 6.92. The molecule has 0 saturated carbocycles. The highest BCUT2D eigenvalue weighted by Gasteiger charge is 2.06. The van der Waals surface area contributed by atoms with Gasteiger partial charge in [0.2, 0.25) is 0 Å². The van der Waals surface area contributed by atoms with E-state index in [-0.39, 0.29) is 24.0 Å². The quantitative estimate of drug-likeness (QED) is 0.199. The number of hydrogen-bond acceptors (Lipinski definition) is 2. The van der Waals surface area contributed by atoms with Crippen molar-refractivity contribution in [2.24, 2.45) is 4.99 Å². The normalized spacial score (nSPS) is 11.3. The average molecular weight is 514 g/mol. The fourth-order valence-corrected chi connectivity index (χ4v) is 3.47. The summed E-state index contributed by atoms with van der Waals surface area (Å²) in [7, 11) is 1.79. The maximum atomic E-state index is 4.49. The minimum Gasteiger partial charge on any atom is -0.361 e. The molecule has 0 spiro atoms. The first-order valence-electron chi connectivity index (χ1n) is 9.87. The minimum absolute atomic E-state index is 0. The topological polar surface area (TPSA) is 70.0 Å². The number of fused-ring (bicyclic) bond motifs is 1. The lowest BCUT2D eigenvalue weighted by Crippen LogP contribution is -2.38. The van der Waals surface area contributed by atoms with E-state index in [4.69, 9.17) is 0 Å². The van der Waals surface area contributed by atoms with Gasteiger partial charge in [-0.05, 0) is 23.6 Å². The van der Waals surface area contributed by atoms with Crippen LogP contribution in [0.25, 0.3) is 10.9 Å². The van der Waals surface area contributed by atoms with Crippen LogP contribution in [0.4, 0.5) is 0 Å². The molecule has 7 heteroatoms. The van der Waals surface area contributed by atoms with Gasteiger partial charge >= 0.3 is 0 Å². The van der Waals surface area contributed by atoms with Crippen LogP contribution < -0.4 is 10.6 Å². The van der Waals surface area contributed by atoms with E-state index in [1.807, 2.05) is 24.5 Å². The summed E-state index contributed by atoms with van der Waals surface area (Å²) in [5.41, 5.74) is 3.74. The number of aliphatic imine (C=N–C) groups is 1. The molecule has 0 unspecified atom stereocenters. The highest BCUT2D eigenvalue weighted by atomic mass is 127. The molecule has 0 fully saturated rings. The van der Waals surface area contributed by atoms with Crippen molar-refractivity contribution in [2.45, 2.75) is 19.5 Å². The molecule has 3 N–H and O–H groups in total. The van der Waals surface area contributed by atoms with Crippen molar-refractivity contribution in [1.29, 1.82) is 0 Å². The Labute approximate surface area is 193 Å². The molecule has 0 bridgehead atoms. The molecule has 4 rings (SSSR count). The number of imidazole rings is 1. The molecule has 0 atom stereocenters. The third-order valence-corrected chi connectivity index (χ3v) is 5.00. The maximum absolute atomic E-state index is 4.49. The molecule has 0 aliphatic rings. The highest BCUT2D eigenvalue weighted by molar-refractivity contribution is 14.0. The van der Waals surface area contributed by atoms with Crippen LogP contribution in [0.15, 0.2) is 78.2 Å². The maximum Gasteiger partial charge on any atom is 0.191 e. The number of H-pyrrole nitrogens is 1. The molecule has 156 valence electrons. The summed E-state index contributed by atoms with van der Waals surface area (Å²) in [6.45, 7) is 2.23. The fourth-order valence-electron chi connectivity index (χ4n) is 3.47. The molecule has 0 aliphatic heterocycles. The zero-order valence-corrected chi connectivity index (χ0v) is 19.3. The first kappa shape index (κ1) is 21.9. The van der Waals surface area contributed by atoms with E-state index >= 15 is 0 Å². The summed E-state index contributed by atoms with van der Waals surface area (Å²) in [5, 5.41) is 8.03. The van der Waals surface area contributed by atoms with Gasteiger partial charge in [0.25, 0.3) is 0 Å². The molecule has 2 aromatic carbocycles. The summed E-state index contributed by atoms with van der Waals surface area (Å²) in [6.07, 6.45) is 6.86. The van der Waals surface area contributed by atoms with Crippen molar-refractivity contribution in [2.75, 3.05) is 13.6 Å². The van der Waals surface area contributed by atoms with Crippen molar-refractivity contribution < 1.29 is 0 Å². The summed E-state index contributed by atoms with van der Waals surface area (Å²) in [6, 6.07) is 18.8.